The lowest BCUT2D eigenvalue weighted by Crippen LogP contribution is -1.94. The van der Waals surface area contributed by atoms with Crippen LogP contribution >= 0.6 is 0 Å². The molecule has 0 amide bonds. The summed E-state index contributed by atoms with van der Waals surface area (Å²) in [6.45, 7) is 6.52. The number of fused-ring (bicyclic) bond motifs is 1. The average molecular weight is 174 g/mol. The van der Waals surface area contributed by atoms with E-state index in [0.717, 1.165) is 5.65 Å². The van der Waals surface area contributed by atoms with Gasteiger partial charge in [0.15, 0.2) is 0 Å². The molecule has 0 saturated heterocycles. The molecule has 2 aromatic heterocycles. The maximum absolute atomic E-state index is 4.28. The van der Waals surface area contributed by atoms with Crippen LogP contribution in [0.2, 0.25) is 0 Å². The van der Waals surface area contributed by atoms with Gasteiger partial charge >= 0.3 is 0 Å². The number of aryl methyl sites for hydroxylation is 1. The maximum atomic E-state index is 4.28. The van der Waals surface area contributed by atoms with Gasteiger partial charge in [-0.3, -0.25) is 0 Å². The van der Waals surface area contributed by atoms with Crippen LogP contribution < -0.4 is 0 Å². The first-order chi connectivity index (χ1) is 6.18. The zero-order valence-corrected chi connectivity index (χ0v) is 8.28. The largest absolute Gasteiger partial charge is 0.307 e. The summed E-state index contributed by atoms with van der Waals surface area (Å²) in [5.74, 6) is 0.575. The molecule has 0 aromatic carbocycles. The van der Waals surface area contributed by atoms with Crippen LogP contribution in [0.15, 0.2) is 24.7 Å². The van der Waals surface area contributed by atoms with Gasteiger partial charge < -0.3 is 4.40 Å². The normalized spacial score (nSPS) is 11.4. The van der Waals surface area contributed by atoms with Crippen molar-refractivity contribution in [2.24, 2.45) is 0 Å². The van der Waals surface area contributed by atoms with Crippen LogP contribution in [-0.2, 0) is 0 Å². The summed E-state index contributed by atoms with van der Waals surface area (Å²) < 4.78 is 2.09. The van der Waals surface area contributed by atoms with Gasteiger partial charge in [0.25, 0.3) is 0 Å². The summed E-state index contributed by atoms with van der Waals surface area (Å²) in [7, 11) is 0. The number of imidazole rings is 1. The van der Waals surface area contributed by atoms with Crippen LogP contribution in [0, 0.1) is 6.92 Å². The van der Waals surface area contributed by atoms with Gasteiger partial charge in [0, 0.05) is 18.6 Å². The third-order valence-corrected chi connectivity index (χ3v) is 2.36. The van der Waals surface area contributed by atoms with Crippen LogP contribution in [0.25, 0.3) is 5.65 Å². The third-order valence-electron chi connectivity index (χ3n) is 2.36. The fourth-order valence-corrected chi connectivity index (χ4v) is 1.55. The maximum Gasteiger partial charge on any atom is 0.139 e. The molecule has 0 aliphatic heterocycles. The van der Waals surface area contributed by atoms with Crippen molar-refractivity contribution in [3.63, 3.8) is 0 Å². The van der Waals surface area contributed by atoms with Gasteiger partial charge in [-0.25, -0.2) is 4.98 Å². The molecule has 0 saturated carbocycles. The molecule has 2 heteroatoms. The highest BCUT2D eigenvalue weighted by Crippen LogP contribution is 2.17. The third kappa shape index (κ3) is 1.32. The van der Waals surface area contributed by atoms with Gasteiger partial charge in [-0.2, -0.15) is 0 Å². The van der Waals surface area contributed by atoms with E-state index in [1.165, 1.54) is 11.1 Å². The van der Waals surface area contributed by atoms with Crippen molar-refractivity contribution in [3.8, 4) is 0 Å². The van der Waals surface area contributed by atoms with Gasteiger partial charge in [-0.05, 0) is 24.0 Å². The van der Waals surface area contributed by atoms with Gasteiger partial charge in [0.2, 0.25) is 0 Å². The molecular weight excluding hydrogens is 160 g/mol. The van der Waals surface area contributed by atoms with E-state index in [0.29, 0.717) is 5.92 Å². The first-order valence-electron chi connectivity index (χ1n) is 4.61. The zero-order valence-electron chi connectivity index (χ0n) is 8.28. The Morgan fingerprint density at radius 2 is 2.15 bits per heavy atom. The van der Waals surface area contributed by atoms with E-state index in [4.69, 9.17) is 0 Å². The lowest BCUT2D eigenvalue weighted by Gasteiger charge is -2.07. The predicted octanol–water partition coefficient (Wildman–Crippen LogP) is 2.77. The van der Waals surface area contributed by atoms with Gasteiger partial charge in [0.1, 0.15) is 5.65 Å². The van der Waals surface area contributed by atoms with Crippen LogP contribution in [0.5, 0.6) is 0 Å². The van der Waals surface area contributed by atoms with Gasteiger partial charge in [-0.15, -0.1) is 0 Å². The Balaban J connectivity index is 2.70. The van der Waals surface area contributed by atoms with Crippen molar-refractivity contribution in [2.45, 2.75) is 26.7 Å². The Labute approximate surface area is 78.2 Å². The monoisotopic (exact) mass is 174 g/mol. The molecule has 0 fully saturated rings. The van der Waals surface area contributed by atoms with Crippen molar-refractivity contribution < 1.29 is 0 Å². The van der Waals surface area contributed by atoms with Crippen LogP contribution in [0.1, 0.15) is 30.9 Å². The Bertz CT molecular complexity index is 427. The number of rotatable bonds is 1. The first kappa shape index (κ1) is 8.30. The van der Waals surface area contributed by atoms with Crippen LogP contribution in [0.3, 0.4) is 0 Å². The van der Waals surface area contributed by atoms with Crippen molar-refractivity contribution in [1.29, 1.82) is 0 Å². The van der Waals surface area contributed by atoms with Crippen molar-refractivity contribution in [1.82, 2.24) is 9.38 Å². The summed E-state index contributed by atoms with van der Waals surface area (Å²) in [4.78, 5) is 4.28. The SMILES string of the molecule is Cc1cc(C(C)C)cn2ccnc12. The second-order valence-corrected chi connectivity index (χ2v) is 3.77. The van der Waals surface area contributed by atoms with Gasteiger partial charge in [0.05, 0.1) is 0 Å². The molecule has 0 N–H and O–H groups in total. The average Bonchev–Trinajstić information content (AvgIpc) is 2.51. The Morgan fingerprint density at radius 1 is 1.38 bits per heavy atom. The summed E-state index contributed by atoms with van der Waals surface area (Å²) in [6.07, 6.45) is 5.99. The zero-order chi connectivity index (χ0) is 9.42. The van der Waals surface area contributed by atoms with Gasteiger partial charge in [-0.1, -0.05) is 19.9 Å². The van der Waals surface area contributed by atoms with Crippen LogP contribution in [0.4, 0.5) is 0 Å². The number of pyridine rings is 1. The molecule has 0 unspecified atom stereocenters. The van der Waals surface area contributed by atoms with Crippen LogP contribution in [-0.4, -0.2) is 9.38 Å². The molecule has 13 heavy (non-hydrogen) atoms. The van der Waals surface area contributed by atoms with E-state index in [2.05, 4.69) is 42.4 Å². The molecule has 2 nitrogen and oxygen atoms in total. The molecule has 0 aliphatic rings. The number of hydrogen-bond acceptors (Lipinski definition) is 1. The standard InChI is InChI=1S/C11H14N2/c1-8(2)10-6-9(3)11-12-4-5-13(11)7-10/h4-8H,1-3H3. The molecule has 2 heterocycles. The van der Waals surface area contributed by atoms with Crippen molar-refractivity contribution in [2.75, 3.05) is 0 Å². The Morgan fingerprint density at radius 3 is 2.85 bits per heavy atom. The first-order valence-corrected chi connectivity index (χ1v) is 4.61. The minimum atomic E-state index is 0.575. The lowest BCUT2D eigenvalue weighted by molar-refractivity contribution is 0.851. The van der Waals surface area contributed by atoms with Crippen molar-refractivity contribution >= 4 is 5.65 Å². The second-order valence-electron chi connectivity index (χ2n) is 3.77. The van der Waals surface area contributed by atoms with E-state index in [9.17, 15) is 0 Å². The second kappa shape index (κ2) is 2.87. The van der Waals surface area contributed by atoms with Crippen molar-refractivity contribution in [3.05, 3.63) is 35.8 Å². The fourth-order valence-electron chi connectivity index (χ4n) is 1.55. The summed E-state index contributed by atoms with van der Waals surface area (Å²) in [5.41, 5.74) is 3.67. The predicted molar refractivity (Wildman–Crippen MR) is 54.0 cm³/mol. The minimum Gasteiger partial charge on any atom is -0.307 e. The summed E-state index contributed by atoms with van der Waals surface area (Å²) >= 11 is 0. The molecule has 0 spiro atoms. The lowest BCUT2D eigenvalue weighted by atomic mass is 10.0. The molecule has 0 bridgehead atoms. The number of hydrogen-bond donors (Lipinski definition) is 0. The van der Waals surface area contributed by atoms with E-state index in [1.54, 1.807) is 0 Å². The quantitative estimate of drug-likeness (QED) is 0.649. The highest BCUT2D eigenvalue weighted by Gasteiger charge is 2.03. The molecule has 0 aliphatic carbocycles. The van der Waals surface area contributed by atoms with E-state index < -0.39 is 0 Å². The number of nitrogens with zero attached hydrogens (tertiary/aromatic N) is 2. The summed E-state index contributed by atoms with van der Waals surface area (Å²) in [5, 5.41) is 0. The Kier molecular flexibility index (Phi) is 1.83. The molecule has 68 valence electrons. The minimum absolute atomic E-state index is 0.575. The molecule has 0 radical (unpaired) electrons. The van der Waals surface area contributed by atoms with E-state index in [-0.39, 0.29) is 0 Å². The van der Waals surface area contributed by atoms with E-state index in [1.807, 2.05) is 12.4 Å². The molecule has 2 aromatic rings. The highest BCUT2D eigenvalue weighted by atomic mass is 15.0. The highest BCUT2D eigenvalue weighted by molar-refractivity contribution is 5.48. The molecule has 2 rings (SSSR count). The molecule has 0 atom stereocenters. The molecular formula is C11H14N2. The van der Waals surface area contributed by atoms with E-state index >= 15 is 0 Å². The Hall–Kier alpha value is -1.31. The summed E-state index contributed by atoms with van der Waals surface area (Å²) in [6, 6.07) is 2.22. The fraction of sp³-hybridized carbons (Fsp3) is 0.364. The smallest absolute Gasteiger partial charge is 0.139 e. The number of aromatic nitrogens is 2. The topological polar surface area (TPSA) is 17.3 Å².